The average Bonchev–Trinajstić information content (AvgIpc) is 2.21. The van der Waals surface area contributed by atoms with E-state index < -0.39 is 23.8 Å². The van der Waals surface area contributed by atoms with E-state index in [2.05, 4.69) is 0 Å². The van der Waals surface area contributed by atoms with Crippen LogP contribution in [0.5, 0.6) is 0 Å². The topological polar surface area (TPSA) is 34.1 Å². The molecule has 0 fully saturated rings. The highest BCUT2D eigenvalue weighted by atomic mass is 19.2. The fraction of sp³-hybridized carbons (Fsp3) is 0.333. The number of benzene rings is 1. The molecular formula is C12H12F2O2. The summed E-state index contributed by atoms with van der Waals surface area (Å²) in [7, 11) is 0. The summed E-state index contributed by atoms with van der Waals surface area (Å²) >= 11 is 0. The Morgan fingerprint density at radius 1 is 1.25 bits per heavy atom. The molecule has 86 valence electrons. The minimum absolute atomic E-state index is 0.284. The number of rotatable bonds is 4. The average molecular weight is 226 g/mol. The van der Waals surface area contributed by atoms with Crippen molar-refractivity contribution in [2.24, 2.45) is 5.92 Å². The number of Topliss-reactive ketones (excluding diaryl/α,β-unsaturated/α-hetero) is 2. The number of hydrogen-bond donors (Lipinski definition) is 0. The molecule has 0 spiro atoms. The van der Waals surface area contributed by atoms with Crippen molar-refractivity contribution in [3.8, 4) is 0 Å². The fourth-order valence-electron chi connectivity index (χ4n) is 1.18. The van der Waals surface area contributed by atoms with E-state index in [1.807, 2.05) is 0 Å². The smallest absolute Gasteiger partial charge is 0.173 e. The van der Waals surface area contributed by atoms with E-state index in [1.165, 1.54) is 12.1 Å². The Morgan fingerprint density at radius 2 is 1.88 bits per heavy atom. The van der Waals surface area contributed by atoms with Gasteiger partial charge in [-0.2, -0.15) is 0 Å². The molecule has 1 aromatic rings. The number of carbonyl (C=O) groups is 2. The summed E-state index contributed by atoms with van der Waals surface area (Å²) in [5, 5.41) is 0. The Balaban J connectivity index is 2.89. The van der Waals surface area contributed by atoms with E-state index in [0.29, 0.717) is 0 Å². The lowest BCUT2D eigenvalue weighted by molar-refractivity contribution is -0.121. The Hall–Kier alpha value is -1.58. The first kappa shape index (κ1) is 12.5. The van der Waals surface area contributed by atoms with Gasteiger partial charge in [-0.15, -0.1) is 0 Å². The lowest BCUT2D eigenvalue weighted by Gasteiger charge is -2.04. The molecule has 16 heavy (non-hydrogen) atoms. The van der Waals surface area contributed by atoms with Gasteiger partial charge in [0.05, 0.1) is 12.0 Å². The van der Waals surface area contributed by atoms with Crippen LogP contribution in [-0.2, 0) is 4.79 Å². The molecule has 0 amide bonds. The van der Waals surface area contributed by atoms with Crippen molar-refractivity contribution in [1.82, 2.24) is 0 Å². The molecule has 0 aliphatic carbocycles. The molecular weight excluding hydrogens is 214 g/mol. The Bertz CT molecular complexity index is 425. The van der Waals surface area contributed by atoms with Gasteiger partial charge in [0.1, 0.15) is 5.78 Å². The summed E-state index contributed by atoms with van der Waals surface area (Å²) in [5.41, 5.74) is -0.367. The zero-order chi connectivity index (χ0) is 12.3. The van der Waals surface area contributed by atoms with Crippen molar-refractivity contribution in [2.45, 2.75) is 20.3 Å². The molecule has 0 aliphatic heterocycles. The predicted octanol–water partition coefficient (Wildman–Crippen LogP) is 2.76. The molecule has 2 nitrogen and oxygen atoms in total. The van der Waals surface area contributed by atoms with E-state index in [1.54, 1.807) is 13.8 Å². The minimum atomic E-state index is -1.19. The molecule has 0 aromatic heterocycles. The molecule has 1 aromatic carbocycles. The highest BCUT2D eigenvalue weighted by Gasteiger charge is 2.19. The number of halogens is 2. The molecule has 0 atom stereocenters. The molecule has 0 bridgehead atoms. The zero-order valence-electron chi connectivity index (χ0n) is 9.09. The molecule has 4 heteroatoms. The highest BCUT2D eigenvalue weighted by molar-refractivity contribution is 6.08. The lowest BCUT2D eigenvalue weighted by Crippen LogP contribution is -2.14. The fourth-order valence-corrected chi connectivity index (χ4v) is 1.18. The highest BCUT2D eigenvalue weighted by Crippen LogP contribution is 2.14. The maximum Gasteiger partial charge on any atom is 0.173 e. The van der Waals surface area contributed by atoms with Gasteiger partial charge in [0.25, 0.3) is 0 Å². The van der Waals surface area contributed by atoms with Crippen LogP contribution < -0.4 is 0 Å². The van der Waals surface area contributed by atoms with E-state index >= 15 is 0 Å². The number of carbonyl (C=O) groups excluding carboxylic acids is 2. The van der Waals surface area contributed by atoms with E-state index in [9.17, 15) is 18.4 Å². The van der Waals surface area contributed by atoms with Gasteiger partial charge >= 0.3 is 0 Å². The molecule has 0 saturated carbocycles. The molecule has 0 aliphatic rings. The number of ketones is 2. The Kier molecular flexibility index (Phi) is 3.88. The monoisotopic (exact) mass is 226 g/mol. The van der Waals surface area contributed by atoms with Crippen LogP contribution in [0, 0.1) is 17.6 Å². The van der Waals surface area contributed by atoms with Gasteiger partial charge in [0.2, 0.25) is 0 Å². The summed E-state index contributed by atoms with van der Waals surface area (Å²) < 4.78 is 26.0. The summed E-state index contributed by atoms with van der Waals surface area (Å²) in [4.78, 5) is 22.8. The van der Waals surface area contributed by atoms with Crippen molar-refractivity contribution in [3.63, 3.8) is 0 Å². The summed E-state index contributed by atoms with van der Waals surface area (Å²) in [5.74, 6) is -3.53. The van der Waals surface area contributed by atoms with Gasteiger partial charge in [-0.05, 0) is 12.1 Å². The lowest BCUT2D eigenvalue weighted by atomic mass is 9.99. The standard InChI is InChI=1S/C12H12F2O2/c1-7(2)10(15)6-11(16)8-4-3-5-9(13)12(8)14/h3-5,7H,6H2,1-2H3. The van der Waals surface area contributed by atoms with Crippen LogP contribution in [0.1, 0.15) is 30.6 Å². The minimum Gasteiger partial charge on any atom is -0.299 e. The van der Waals surface area contributed by atoms with Gasteiger partial charge < -0.3 is 0 Å². The van der Waals surface area contributed by atoms with Crippen LogP contribution in [0.3, 0.4) is 0 Å². The van der Waals surface area contributed by atoms with E-state index in [0.717, 1.165) is 6.07 Å². The van der Waals surface area contributed by atoms with E-state index in [4.69, 9.17) is 0 Å². The van der Waals surface area contributed by atoms with Crippen LogP contribution in [0.2, 0.25) is 0 Å². The van der Waals surface area contributed by atoms with Crippen LogP contribution in [-0.4, -0.2) is 11.6 Å². The zero-order valence-corrected chi connectivity index (χ0v) is 9.09. The second-order valence-corrected chi connectivity index (χ2v) is 3.82. The van der Waals surface area contributed by atoms with E-state index in [-0.39, 0.29) is 17.3 Å². The molecule has 0 radical (unpaired) electrons. The van der Waals surface area contributed by atoms with Crippen molar-refractivity contribution < 1.29 is 18.4 Å². The van der Waals surface area contributed by atoms with Gasteiger partial charge in [0.15, 0.2) is 17.4 Å². The third-order valence-electron chi connectivity index (χ3n) is 2.23. The molecule has 0 heterocycles. The third kappa shape index (κ3) is 2.72. The van der Waals surface area contributed by atoms with Crippen molar-refractivity contribution in [1.29, 1.82) is 0 Å². The van der Waals surface area contributed by atoms with Crippen molar-refractivity contribution in [2.75, 3.05) is 0 Å². The second kappa shape index (κ2) is 4.96. The predicted molar refractivity (Wildman–Crippen MR) is 55.2 cm³/mol. The summed E-state index contributed by atoms with van der Waals surface area (Å²) in [6, 6.07) is 3.34. The molecule has 0 unspecified atom stereocenters. The van der Waals surface area contributed by atoms with Gasteiger partial charge in [-0.3, -0.25) is 9.59 Å². The molecule has 1 rings (SSSR count). The Morgan fingerprint density at radius 3 is 2.44 bits per heavy atom. The summed E-state index contributed by atoms with van der Waals surface area (Å²) in [6.07, 6.45) is -0.391. The van der Waals surface area contributed by atoms with Crippen molar-refractivity contribution >= 4 is 11.6 Å². The van der Waals surface area contributed by atoms with Gasteiger partial charge in [-0.25, -0.2) is 8.78 Å². The van der Waals surface area contributed by atoms with Gasteiger partial charge in [0, 0.05) is 5.92 Å². The van der Waals surface area contributed by atoms with Crippen LogP contribution in [0.4, 0.5) is 8.78 Å². The largest absolute Gasteiger partial charge is 0.299 e. The Labute approximate surface area is 92.3 Å². The van der Waals surface area contributed by atoms with Crippen LogP contribution in [0.15, 0.2) is 18.2 Å². The maximum atomic E-state index is 13.2. The van der Waals surface area contributed by atoms with Gasteiger partial charge in [-0.1, -0.05) is 19.9 Å². The quantitative estimate of drug-likeness (QED) is 0.584. The second-order valence-electron chi connectivity index (χ2n) is 3.82. The first-order valence-electron chi connectivity index (χ1n) is 4.93. The normalized spacial score (nSPS) is 10.6. The molecule has 0 N–H and O–H groups in total. The van der Waals surface area contributed by atoms with Crippen LogP contribution in [0.25, 0.3) is 0 Å². The SMILES string of the molecule is CC(C)C(=O)CC(=O)c1cccc(F)c1F. The first-order valence-corrected chi connectivity index (χ1v) is 4.93. The first-order chi connectivity index (χ1) is 7.43. The van der Waals surface area contributed by atoms with Crippen molar-refractivity contribution in [3.05, 3.63) is 35.4 Å². The third-order valence-corrected chi connectivity index (χ3v) is 2.23. The maximum absolute atomic E-state index is 13.2. The number of hydrogen-bond acceptors (Lipinski definition) is 2. The summed E-state index contributed by atoms with van der Waals surface area (Å²) in [6.45, 7) is 3.30. The van der Waals surface area contributed by atoms with Crippen LogP contribution >= 0.6 is 0 Å². The molecule has 0 saturated heterocycles.